The van der Waals surface area contributed by atoms with Crippen molar-refractivity contribution in [3.05, 3.63) is 0 Å². The normalized spacial score (nSPS) is 25.9. The largest absolute Gasteiger partial charge is 0.379 e. The van der Waals surface area contributed by atoms with Crippen LogP contribution in [0, 0.1) is 11.3 Å². The summed E-state index contributed by atoms with van der Waals surface area (Å²) < 4.78 is 0. The van der Waals surface area contributed by atoms with Crippen LogP contribution in [-0.4, -0.2) is 22.9 Å². The van der Waals surface area contributed by atoms with Gasteiger partial charge in [-0.15, -0.1) is 0 Å². The summed E-state index contributed by atoms with van der Waals surface area (Å²) in [5.74, 6) is 0.831. The van der Waals surface area contributed by atoms with Gasteiger partial charge in [-0.2, -0.15) is 0 Å². The zero-order valence-electron chi connectivity index (χ0n) is 9.08. The maximum Gasteiger partial charge on any atom is 0.230 e. The monoisotopic (exact) mass is 229 g/mol. The van der Waals surface area contributed by atoms with Gasteiger partial charge in [0.25, 0.3) is 0 Å². The number of hydrogen-bond donors (Lipinski definition) is 3. The van der Waals surface area contributed by atoms with Crippen molar-refractivity contribution >= 4 is 22.8 Å². The van der Waals surface area contributed by atoms with Crippen molar-refractivity contribution < 1.29 is 4.79 Å². The van der Waals surface area contributed by atoms with Gasteiger partial charge in [0, 0.05) is 6.04 Å². The van der Waals surface area contributed by atoms with Crippen LogP contribution < -0.4 is 11.1 Å². The molecule has 0 spiro atoms. The summed E-state index contributed by atoms with van der Waals surface area (Å²) in [5, 5.41) is 10.0. The van der Waals surface area contributed by atoms with E-state index in [1.807, 2.05) is 0 Å². The predicted octanol–water partition coefficient (Wildman–Crippen LogP) is 1.31. The molecule has 0 aliphatic heterocycles. The van der Waals surface area contributed by atoms with Crippen molar-refractivity contribution in [2.24, 2.45) is 11.7 Å². The lowest BCUT2D eigenvalue weighted by Crippen LogP contribution is -2.42. The molecule has 0 bridgehead atoms. The van der Waals surface area contributed by atoms with Crippen molar-refractivity contribution in [3.63, 3.8) is 0 Å². The molecule has 0 saturated heterocycles. The fourth-order valence-corrected chi connectivity index (χ4v) is 2.29. The van der Waals surface area contributed by atoms with E-state index < -0.39 is 0 Å². The first kappa shape index (κ1) is 12.4. The molecule has 1 saturated carbocycles. The Morgan fingerprint density at radius 2 is 2.20 bits per heavy atom. The number of nitrogens with two attached hydrogens (primary N) is 1. The highest BCUT2D eigenvalue weighted by Gasteiger charge is 2.22. The van der Waals surface area contributed by atoms with E-state index in [1.54, 1.807) is 0 Å². The summed E-state index contributed by atoms with van der Waals surface area (Å²) in [7, 11) is 0. The van der Waals surface area contributed by atoms with Gasteiger partial charge in [-0.3, -0.25) is 10.2 Å². The Morgan fingerprint density at radius 1 is 1.53 bits per heavy atom. The average molecular weight is 229 g/mol. The Morgan fingerprint density at radius 3 is 2.80 bits per heavy atom. The van der Waals surface area contributed by atoms with E-state index in [-0.39, 0.29) is 16.8 Å². The molecule has 0 radical (unpaired) electrons. The van der Waals surface area contributed by atoms with Crippen LogP contribution in [0.4, 0.5) is 0 Å². The van der Waals surface area contributed by atoms with Crippen molar-refractivity contribution in [3.8, 4) is 0 Å². The molecular formula is C10H19N3OS. The van der Waals surface area contributed by atoms with Crippen molar-refractivity contribution in [2.75, 3.05) is 5.75 Å². The maximum atomic E-state index is 11.5. The fourth-order valence-electron chi connectivity index (χ4n) is 1.92. The van der Waals surface area contributed by atoms with E-state index in [0.29, 0.717) is 12.0 Å². The molecule has 5 heteroatoms. The van der Waals surface area contributed by atoms with Gasteiger partial charge in [0.15, 0.2) is 5.17 Å². The van der Waals surface area contributed by atoms with Gasteiger partial charge >= 0.3 is 0 Å². The summed E-state index contributed by atoms with van der Waals surface area (Å²) in [6, 6.07) is 0.318. The van der Waals surface area contributed by atoms with Crippen LogP contribution in [0.1, 0.15) is 32.6 Å². The van der Waals surface area contributed by atoms with Crippen molar-refractivity contribution in [1.82, 2.24) is 5.32 Å². The molecule has 15 heavy (non-hydrogen) atoms. The number of nitrogens with one attached hydrogen (secondary N) is 2. The SMILES string of the molecule is CC1CCCCC1NC(=O)CSC(=N)N. The number of carbonyl (C=O) groups excluding carboxylic acids is 1. The highest BCUT2D eigenvalue weighted by atomic mass is 32.2. The van der Waals surface area contributed by atoms with Crippen LogP contribution >= 0.6 is 11.8 Å². The molecule has 0 heterocycles. The van der Waals surface area contributed by atoms with Crippen molar-refractivity contribution in [2.45, 2.75) is 38.6 Å². The third-order valence-corrected chi connectivity index (χ3v) is 3.53. The molecule has 0 aromatic rings. The van der Waals surface area contributed by atoms with Gasteiger partial charge in [-0.1, -0.05) is 31.5 Å². The van der Waals surface area contributed by atoms with E-state index in [4.69, 9.17) is 11.1 Å². The van der Waals surface area contributed by atoms with E-state index in [2.05, 4.69) is 12.2 Å². The molecule has 1 amide bonds. The summed E-state index contributed by atoms with van der Waals surface area (Å²) in [5.41, 5.74) is 5.17. The van der Waals surface area contributed by atoms with Gasteiger partial charge in [-0.25, -0.2) is 0 Å². The van der Waals surface area contributed by atoms with Crippen molar-refractivity contribution in [1.29, 1.82) is 5.41 Å². The lowest BCUT2D eigenvalue weighted by Gasteiger charge is -2.29. The Balaban J connectivity index is 2.26. The highest BCUT2D eigenvalue weighted by Crippen LogP contribution is 2.23. The zero-order chi connectivity index (χ0) is 11.3. The number of carbonyl (C=O) groups is 1. The Kier molecular flexibility index (Phi) is 4.94. The Labute approximate surface area is 94.9 Å². The van der Waals surface area contributed by atoms with E-state index >= 15 is 0 Å². The number of thioether (sulfide) groups is 1. The summed E-state index contributed by atoms with van der Waals surface area (Å²) in [4.78, 5) is 11.5. The molecule has 0 aromatic carbocycles. The van der Waals surface area contributed by atoms with Crippen LogP contribution in [0.25, 0.3) is 0 Å². The summed E-state index contributed by atoms with van der Waals surface area (Å²) >= 11 is 1.08. The fraction of sp³-hybridized carbons (Fsp3) is 0.800. The first-order valence-electron chi connectivity index (χ1n) is 5.36. The third kappa shape index (κ3) is 4.55. The Bertz CT molecular complexity index is 245. The maximum absolute atomic E-state index is 11.5. The molecule has 1 rings (SSSR count). The van der Waals surface area contributed by atoms with Crippen LogP contribution in [0.15, 0.2) is 0 Å². The lowest BCUT2D eigenvalue weighted by atomic mass is 9.86. The first-order chi connectivity index (χ1) is 7.09. The van der Waals surface area contributed by atoms with E-state index in [0.717, 1.165) is 18.2 Å². The zero-order valence-corrected chi connectivity index (χ0v) is 9.90. The molecule has 4 N–H and O–H groups in total. The number of amides is 1. The van der Waals surface area contributed by atoms with E-state index in [1.165, 1.54) is 19.3 Å². The summed E-state index contributed by atoms with van der Waals surface area (Å²) in [6.07, 6.45) is 4.76. The molecule has 2 atom stereocenters. The van der Waals surface area contributed by atoms with Gasteiger partial charge in [0.2, 0.25) is 5.91 Å². The molecule has 1 aliphatic rings. The summed E-state index contributed by atoms with van der Waals surface area (Å²) in [6.45, 7) is 2.18. The van der Waals surface area contributed by atoms with Crippen LogP contribution in [-0.2, 0) is 4.79 Å². The minimum absolute atomic E-state index is 0.00171. The van der Waals surface area contributed by atoms with Gasteiger partial charge in [0.1, 0.15) is 0 Å². The predicted molar refractivity (Wildman–Crippen MR) is 63.9 cm³/mol. The van der Waals surface area contributed by atoms with Gasteiger partial charge in [-0.05, 0) is 18.8 Å². The molecule has 86 valence electrons. The standard InChI is InChI=1S/C10H19N3OS/c1-7-4-2-3-5-8(7)13-9(14)6-15-10(11)12/h7-8H,2-6H2,1H3,(H3,11,12)(H,13,14). The Hall–Kier alpha value is -0.710. The quantitative estimate of drug-likeness (QED) is 0.504. The average Bonchev–Trinajstić information content (AvgIpc) is 2.18. The van der Waals surface area contributed by atoms with Crippen LogP contribution in [0.5, 0.6) is 0 Å². The smallest absolute Gasteiger partial charge is 0.230 e. The second-order valence-corrected chi connectivity index (χ2v) is 5.11. The lowest BCUT2D eigenvalue weighted by molar-refractivity contribution is -0.119. The van der Waals surface area contributed by atoms with Crippen LogP contribution in [0.3, 0.4) is 0 Å². The topological polar surface area (TPSA) is 79.0 Å². The minimum Gasteiger partial charge on any atom is -0.379 e. The number of amidine groups is 1. The molecule has 1 fully saturated rings. The highest BCUT2D eigenvalue weighted by molar-refractivity contribution is 8.14. The molecule has 4 nitrogen and oxygen atoms in total. The molecular weight excluding hydrogens is 210 g/mol. The number of rotatable bonds is 3. The van der Waals surface area contributed by atoms with Gasteiger partial charge < -0.3 is 11.1 Å². The second kappa shape index (κ2) is 6.00. The molecule has 2 unspecified atom stereocenters. The number of hydrogen-bond acceptors (Lipinski definition) is 3. The van der Waals surface area contributed by atoms with Crippen LogP contribution in [0.2, 0.25) is 0 Å². The minimum atomic E-state index is -0.00560. The first-order valence-corrected chi connectivity index (χ1v) is 6.34. The second-order valence-electron chi connectivity index (χ2n) is 4.09. The molecule has 1 aliphatic carbocycles. The van der Waals surface area contributed by atoms with Gasteiger partial charge in [0.05, 0.1) is 5.75 Å². The molecule has 0 aromatic heterocycles. The van der Waals surface area contributed by atoms with E-state index in [9.17, 15) is 4.79 Å². The third-order valence-electron chi connectivity index (χ3n) is 2.82.